The van der Waals surface area contributed by atoms with Crippen LogP contribution < -0.4 is 5.32 Å². The van der Waals surface area contributed by atoms with E-state index in [1.54, 1.807) is 0 Å². The molecule has 1 N–H and O–H groups in total. The largest absolute Gasteiger partial charge is 0.356 e. The van der Waals surface area contributed by atoms with Gasteiger partial charge in [-0.1, -0.05) is 0 Å². The van der Waals surface area contributed by atoms with Gasteiger partial charge in [0.2, 0.25) is 5.91 Å². The number of Topliss-reactive ketones (excluding diaryl/α,β-unsaturated/α-hetero) is 1. The number of hydrogen-bond acceptors (Lipinski definition) is 2. The molecule has 2 unspecified atom stereocenters. The highest BCUT2D eigenvalue weighted by molar-refractivity contribution is 5.92. The SMILES string of the molecule is O=C1CC2CNC(=O)C2C1. The second-order valence-electron chi connectivity index (χ2n) is 3.06. The van der Waals surface area contributed by atoms with Gasteiger partial charge in [-0.2, -0.15) is 0 Å². The summed E-state index contributed by atoms with van der Waals surface area (Å²) < 4.78 is 0. The van der Waals surface area contributed by atoms with E-state index in [2.05, 4.69) is 5.32 Å². The molecule has 0 aromatic heterocycles. The molecule has 1 saturated carbocycles. The molecule has 3 nitrogen and oxygen atoms in total. The zero-order valence-electron chi connectivity index (χ0n) is 5.59. The number of nitrogens with one attached hydrogen (secondary N) is 1. The highest BCUT2D eigenvalue weighted by Crippen LogP contribution is 2.32. The van der Waals surface area contributed by atoms with Crippen molar-refractivity contribution in [1.29, 1.82) is 0 Å². The quantitative estimate of drug-likeness (QED) is 0.501. The van der Waals surface area contributed by atoms with Crippen molar-refractivity contribution in [2.45, 2.75) is 12.8 Å². The minimum atomic E-state index is 0.0208. The molecule has 2 rings (SSSR count). The fourth-order valence-electron chi connectivity index (χ4n) is 1.81. The van der Waals surface area contributed by atoms with Gasteiger partial charge in [0.15, 0.2) is 0 Å². The topological polar surface area (TPSA) is 46.2 Å². The van der Waals surface area contributed by atoms with Crippen LogP contribution in [0.25, 0.3) is 0 Å². The van der Waals surface area contributed by atoms with E-state index in [0.717, 1.165) is 6.54 Å². The van der Waals surface area contributed by atoms with Crippen molar-refractivity contribution >= 4 is 11.7 Å². The van der Waals surface area contributed by atoms with Gasteiger partial charge in [0, 0.05) is 25.3 Å². The van der Waals surface area contributed by atoms with Gasteiger partial charge < -0.3 is 5.32 Å². The predicted octanol–water partition coefficient (Wildman–Crippen LogP) is -0.288. The Hall–Kier alpha value is -0.860. The van der Waals surface area contributed by atoms with Gasteiger partial charge in [-0.15, -0.1) is 0 Å². The zero-order valence-corrected chi connectivity index (χ0v) is 5.59. The summed E-state index contributed by atoms with van der Waals surface area (Å²) in [6, 6.07) is 0. The van der Waals surface area contributed by atoms with Crippen molar-refractivity contribution in [3.05, 3.63) is 0 Å². The summed E-state index contributed by atoms with van der Waals surface area (Å²) in [6.07, 6.45) is 1.10. The van der Waals surface area contributed by atoms with Crippen LogP contribution in [0.15, 0.2) is 0 Å². The first-order valence-electron chi connectivity index (χ1n) is 3.57. The van der Waals surface area contributed by atoms with Crippen molar-refractivity contribution in [3.8, 4) is 0 Å². The molecule has 1 heterocycles. The third kappa shape index (κ3) is 0.664. The Balaban J connectivity index is 2.19. The molecule has 2 fully saturated rings. The van der Waals surface area contributed by atoms with Gasteiger partial charge in [-0.3, -0.25) is 9.59 Å². The first-order chi connectivity index (χ1) is 4.77. The van der Waals surface area contributed by atoms with Crippen LogP contribution in [0.5, 0.6) is 0 Å². The lowest BCUT2D eigenvalue weighted by molar-refractivity contribution is -0.125. The van der Waals surface area contributed by atoms with Crippen LogP contribution in [0, 0.1) is 11.8 Å². The molecule has 2 atom stereocenters. The van der Waals surface area contributed by atoms with Crippen LogP contribution in [-0.2, 0) is 9.59 Å². The summed E-state index contributed by atoms with van der Waals surface area (Å²) >= 11 is 0. The lowest BCUT2D eigenvalue weighted by Gasteiger charge is -1.99. The average Bonchev–Trinajstić information content (AvgIpc) is 2.35. The molecule has 0 spiro atoms. The summed E-state index contributed by atoms with van der Waals surface area (Å²) in [6.45, 7) is 0.717. The fraction of sp³-hybridized carbons (Fsp3) is 0.714. The lowest BCUT2D eigenvalue weighted by Crippen LogP contribution is -2.19. The fourth-order valence-corrected chi connectivity index (χ4v) is 1.81. The van der Waals surface area contributed by atoms with Crippen molar-refractivity contribution in [2.75, 3.05) is 6.54 Å². The minimum Gasteiger partial charge on any atom is -0.356 e. The lowest BCUT2D eigenvalue weighted by atomic mass is 10.0. The number of hydrogen-bond donors (Lipinski definition) is 1. The second kappa shape index (κ2) is 1.81. The Morgan fingerprint density at radius 2 is 2.10 bits per heavy atom. The van der Waals surface area contributed by atoms with E-state index in [9.17, 15) is 9.59 Å². The van der Waals surface area contributed by atoms with Gasteiger partial charge in [-0.25, -0.2) is 0 Å². The molecule has 1 aliphatic carbocycles. The van der Waals surface area contributed by atoms with E-state index >= 15 is 0 Å². The molecule has 0 radical (unpaired) electrons. The smallest absolute Gasteiger partial charge is 0.223 e. The molecule has 1 saturated heterocycles. The van der Waals surface area contributed by atoms with E-state index in [0.29, 0.717) is 18.8 Å². The first-order valence-corrected chi connectivity index (χ1v) is 3.57. The van der Waals surface area contributed by atoms with Crippen LogP contribution >= 0.6 is 0 Å². The maximum atomic E-state index is 10.9. The summed E-state index contributed by atoms with van der Waals surface area (Å²) in [7, 11) is 0. The minimum absolute atomic E-state index is 0.0208. The first kappa shape index (κ1) is 5.89. The highest BCUT2D eigenvalue weighted by atomic mass is 16.2. The predicted molar refractivity (Wildman–Crippen MR) is 34.2 cm³/mol. The number of rotatable bonds is 0. The second-order valence-corrected chi connectivity index (χ2v) is 3.06. The number of ketones is 1. The van der Waals surface area contributed by atoms with Gasteiger partial charge in [0.05, 0.1) is 0 Å². The molecule has 0 aromatic carbocycles. The van der Waals surface area contributed by atoms with Crippen LogP contribution in [0.3, 0.4) is 0 Å². The molecule has 0 aromatic rings. The Labute approximate surface area is 58.8 Å². The van der Waals surface area contributed by atoms with Gasteiger partial charge in [0.1, 0.15) is 5.78 Å². The average molecular weight is 139 g/mol. The molecule has 1 amide bonds. The monoisotopic (exact) mass is 139 g/mol. The van der Waals surface area contributed by atoms with E-state index in [1.165, 1.54) is 0 Å². The summed E-state index contributed by atoms with van der Waals surface area (Å²) in [5.74, 6) is 0.674. The molecule has 2 aliphatic rings. The molecule has 3 heteroatoms. The Kier molecular flexibility index (Phi) is 1.07. The Morgan fingerprint density at radius 1 is 1.30 bits per heavy atom. The molecular formula is C7H9NO2. The van der Waals surface area contributed by atoms with Crippen LogP contribution in [0.1, 0.15) is 12.8 Å². The van der Waals surface area contributed by atoms with Gasteiger partial charge >= 0.3 is 0 Å². The van der Waals surface area contributed by atoms with Crippen LogP contribution in [0.4, 0.5) is 0 Å². The van der Waals surface area contributed by atoms with E-state index in [4.69, 9.17) is 0 Å². The number of carbonyl (C=O) groups is 2. The summed E-state index contributed by atoms with van der Waals surface area (Å²) in [5.41, 5.74) is 0. The van der Waals surface area contributed by atoms with Crippen molar-refractivity contribution in [1.82, 2.24) is 5.32 Å². The number of fused-ring (bicyclic) bond motifs is 1. The molecular weight excluding hydrogens is 130 g/mol. The standard InChI is InChI=1S/C7H9NO2/c9-5-1-4-3-8-7(10)6(4)2-5/h4,6H,1-3H2,(H,8,10). The zero-order chi connectivity index (χ0) is 7.14. The summed E-state index contributed by atoms with van der Waals surface area (Å²) in [4.78, 5) is 21.8. The number of amides is 1. The maximum absolute atomic E-state index is 10.9. The van der Waals surface area contributed by atoms with Crippen molar-refractivity contribution < 1.29 is 9.59 Å². The normalized spacial score (nSPS) is 38.0. The Bertz CT molecular complexity index is 200. The van der Waals surface area contributed by atoms with E-state index in [1.807, 2.05) is 0 Å². The Morgan fingerprint density at radius 3 is 2.80 bits per heavy atom. The highest BCUT2D eigenvalue weighted by Gasteiger charge is 2.41. The van der Waals surface area contributed by atoms with Gasteiger partial charge in [0.25, 0.3) is 0 Å². The number of carbonyl (C=O) groups excluding carboxylic acids is 2. The molecule has 10 heavy (non-hydrogen) atoms. The maximum Gasteiger partial charge on any atom is 0.223 e. The van der Waals surface area contributed by atoms with Crippen molar-refractivity contribution in [3.63, 3.8) is 0 Å². The third-order valence-electron chi connectivity index (χ3n) is 2.38. The van der Waals surface area contributed by atoms with E-state index < -0.39 is 0 Å². The van der Waals surface area contributed by atoms with E-state index in [-0.39, 0.29) is 17.6 Å². The van der Waals surface area contributed by atoms with Gasteiger partial charge in [-0.05, 0) is 5.92 Å². The molecule has 54 valence electrons. The molecule has 0 bridgehead atoms. The van der Waals surface area contributed by atoms with Crippen LogP contribution in [0.2, 0.25) is 0 Å². The molecule has 1 aliphatic heterocycles. The van der Waals surface area contributed by atoms with Crippen molar-refractivity contribution in [2.24, 2.45) is 11.8 Å². The summed E-state index contributed by atoms with van der Waals surface area (Å²) in [5, 5.41) is 2.75. The van der Waals surface area contributed by atoms with Crippen LogP contribution in [-0.4, -0.2) is 18.2 Å². The third-order valence-corrected chi connectivity index (χ3v) is 2.38.